The molecule has 1 aromatic heterocycles. The van der Waals surface area contributed by atoms with Crippen LogP contribution >= 0.6 is 0 Å². The highest BCUT2D eigenvalue weighted by Crippen LogP contribution is 2.20. The average molecular weight is 259 g/mol. The zero-order valence-electron chi connectivity index (χ0n) is 12.0. The molecule has 0 unspecified atom stereocenters. The van der Waals surface area contributed by atoms with Gasteiger partial charge in [0.2, 0.25) is 11.7 Å². The van der Waals surface area contributed by atoms with Gasteiger partial charge in [0.25, 0.3) is 0 Å². The van der Waals surface area contributed by atoms with Crippen LogP contribution in [0.25, 0.3) is 11.4 Å². The maximum Gasteiger partial charge on any atom is 0.240 e. The second kappa shape index (κ2) is 5.97. The van der Waals surface area contributed by atoms with Gasteiger partial charge in [-0.15, -0.1) is 0 Å². The normalized spacial score (nSPS) is 11.5. The molecule has 0 saturated carbocycles. The largest absolute Gasteiger partial charge is 0.338 e. The van der Waals surface area contributed by atoms with Crippen LogP contribution in [0, 0.1) is 0 Å². The molecule has 0 aliphatic carbocycles. The van der Waals surface area contributed by atoms with Gasteiger partial charge in [-0.1, -0.05) is 57.1 Å². The summed E-state index contributed by atoms with van der Waals surface area (Å²) in [5.74, 6) is 1.80. The fourth-order valence-electron chi connectivity index (χ4n) is 1.75. The maximum atomic E-state index is 5.22. The van der Waals surface area contributed by atoms with Gasteiger partial charge < -0.3 is 9.84 Å². The number of aromatic nitrogens is 2. The van der Waals surface area contributed by atoms with Crippen LogP contribution in [0.4, 0.5) is 0 Å². The first kappa shape index (κ1) is 13.7. The van der Waals surface area contributed by atoms with Gasteiger partial charge in [-0.3, -0.25) is 0 Å². The fourth-order valence-corrected chi connectivity index (χ4v) is 1.75. The first-order valence-corrected chi connectivity index (χ1v) is 6.72. The van der Waals surface area contributed by atoms with Crippen molar-refractivity contribution in [3.63, 3.8) is 0 Å². The van der Waals surface area contributed by atoms with Crippen molar-refractivity contribution >= 4 is 0 Å². The molecule has 1 N–H and O–H groups in total. The molecular formula is C15H21N3O. The number of nitrogens with zero attached hydrogens (tertiary/aromatic N) is 2. The summed E-state index contributed by atoms with van der Waals surface area (Å²) in [6.07, 6.45) is 0. The average Bonchev–Trinajstić information content (AvgIpc) is 2.85. The van der Waals surface area contributed by atoms with E-state index >= 15 is 0 Å². The minimum absolute atomic E-state index is 0.403. The minimum Gasteiger partial charge on any atom is -0.338 e. The molecule has 19 heavy (non-hydrogen) atoms. The summed E-state index contributed by atoms with van der Waals surface area (Å²) in [6.45, 7) is 9.14. The first-order chi connectivity index (χ1) is 9.06. The zero-order valence-corrected chi connectivity index (χ0v) is 12.0. The molecule has 0 spiro atoms. The van der Waals surface area contributed by atoms with Gasteiger partial charge >= 0.3 is 0 Å². The summed E-state index contributed by atoms with van der Waals surface area (Å²) in [5, 5.41) is 7.27. The molecule has 0 aliphatic rings. The Bertz CT molecular complexity index is 514. The smallest absolute Gasteiger partial charge is 0.240 e. The van der Waals surface area contributed by atoms with Crippen LogP contribution in [0.15, 0.2) is 28.8 Å². The van der Waals surface area contributed by atoms with Crippen LogP contribution in [0.3, 0.4) is 0 Å². The predicted octanol–water partition coefficient (Wildman–Crippen LogP) is 3.36. The lowest BCUT2D eigenvalue weighted by Crippen LogP contribution is -2.21. The van der Waals surface area contributed by atoms with E-state index < -0.39 is 0 Å². The summed E-state index contributed by atoms with van der Waals surface area (Å²) in [5.41, 5.74) is 2.30. The van der Waals surface area contributed by atoms with E-state index in [0.717, 1.165) is 5.56 Å². The maximum absolute atomic E-state index is 5.22. The summed E-state index contributed by atoms with van der Waals surface area (Å²) in [6, 6.07) is 8.71. The minimum atomic E-state index is 0.403. The van der Waals surface area contributed by atoms with E-state index in [0.29, 0.717) is 30.2 Å². The molecule has 2 aromatic rings. The zero-order chi connectivity index (χ0) is 13.8. The van der Waals surface area contributed by atoms with Crippen molar-refractivity contribution in [3.8, 4) is 11.4 Å². The molecule has 4 nitrogen and oxygen atoms in total. The molecule has 0 fully saturated rings. The number of hydrogen-bond acceptors (Lipinski definition) is 4. The molecule has 0 atom stereocenters. The van der Waals surface area contributed by atoms with E-state index in [1.807, 2.05) is 12.1 Å². The van der Waals surface area contributed by atoms with E-state index in [2.05, 4.69) is 55.3 Å². The van der Waals surface area contributed by atoms with Gasteiger partial charge in [-0.05, 0) is 11.5 Å². The molecule has 0 aliphatic heterocycles. The van der Waals surface area contributed by atoms with E-state index in [4.69, 9.17) is 4.52 Å². The molecule has 2 rings (SSSR count). The Morgan fingerprint density at radius 2 is 1.79 bits per heavy atom. The Labute approximate surface area is 114 Å². The van der Waals surface area contributed by atoms with E-state index in [-0.39, 0.29) is 0 Å². The highest BCUT2D eigenvalue weighted by atomic mass is 16.5. The molecule has 0 radical (unpaired) electrons. The Morgan fingerprint density at radius 3 is 2.37 bits per heavy atom. The van der Waals surface area contributed by atoms with Gasteiger partial charge in [-0.25, -0.2) is 0 Å². The van der Waals surface area contributed by atoms with Crippen molar-refractivity contribution in [2.24, 2.45) is 0 Å². The molecular weight excluding hydrogens is 238 g/mol. The monoisotopic (exact) mass is 259 g/mol. The second-order valence-electron chi connectivity index (χ2n) is 5.32. The summed E-state index contributed by atoms with van der Waals surface area (Å²) in [4.78, 5) is 4.39. The first-order valence-electron chi connectivity index (χ1n) is 6.72. The Kier molecular flexibility index (Phi) is 4.32. The number of hydrogen-bond donors (Lipinski definition) is 1. The van der Waals surface area contributed by atoms with Crippen molar-refractivity contribution in [1.82, 2.24) is 15.5 Å². The van der Waals surface area contributed by atoms with Gasteiger partial charge in [0.15, 0.2) is 0 Å². The number of benzene rings is 1. The van der Waals surface area contributed by atoms with Crippen LogP contribution in [0.5, 0.6) is 0 Å². The van der Waals surface area contributed by atoms with Crippen molar-refractivity contribution < 1.29 is 4.52 Å². The standard InChI is InChI=1S/C15H21N3O/c1-10(2)12-5-7-13(8-6-12)15-17-14(19-18-15)9-16-11(3)4/h5-8,10-11,16H,9H2,1-4H3. The third kappa shape index (κ3) is 3.64. The molecule has 1 heterocycles. The van der Waals surface area contributed by atoms with Crippen LogP contribution < -0.4 is 5.32 Å². The van der Waals surface area contributed by atoms with Crippen LogP contribution in [0.2, 0.25) is 0 Å². The van der Waals surface area contributed by atoms with E-state index in [1.54, 1.807) is 0 Å². The van der Waals surface area contributed by atoms with Crippen LogP contribution in [-0.4, -0.2) is 16.2 Å². The summed E-state index contributed by atoms with van der Waals surface area (Å²) in [7, 11) is 0. The highest BCUT2D eigenvalue weighted by molar-refractivity contribution is 5.54. The van der Waals surface area contributed by atoms with Gasteiger partial charge in [-0.2, -0.15) is 4.98 Å². The van der Waals surface area contributed by atoms with Crippen molar-refractivity contribution in [2.75, 3.05) is 0 Å². The molecule has 0 amide bonds. The predicted molar refractivity (Wildman–Crippen MR) is 75.8 cm³/mol. The van der Waals surface area contributed by atoms with Crippen molar-refractivity contribution in [1.29, 1.82) is 0 Å². The molecule has 102 valence electrons. The third-order valence-corrected chi connectivity index (χ3v) is 2.97. The number of nitrogens with one attached hydrogen (secondary N) is 1. The van der Waals surface area contributed by atoms with Gasteiger partial charge in [0, 0.05) is 11.6 Å². The van der Waals surface area contributed by atoms with Crippen LogP contribution in [0.1, 0.15) is 45.1 Å². The van der Waals surface area contributed by atoms with Crippen molar-refractivity contribution in [3.05, 3.63) is 35.7 Å². The Morgan fingerprint density at radius 1 is 1.11 bits per heavy atom. The van der Waals surface area contributed by atoms with E-state index in [9.17, 15) is 0 Å². The molecule has 0 saturated heterocycles. The number of rotatable bonds is 5. The lowest BCUT2D eigenvalue weighted by Gasteiger charge is -2.04. The summed E-state index contributed by atoms with van der Waals surface area (Å²) < 4.78 is 5.22. The Balaban J connectivity index is 2.09. The molecule has 1 aromatic carbocycles. The highest BCUT2D eigenvalue weighted by Gasteiger charge is 2.09. The Hall–Kier alpha value is -1.68. The SMILES string of the molecule is CC(C)NCc1nc(-c2ccc(C(C)C)cc2)no1. The lowest BCUT2D eigenvalue weighted by atomic mass is 10.0. The second-order valence-corrected chi connectivity index (χ2v) is 5.32. The fraction of sp³-hybridized carbons (Fsp3) is 0.467. The van der Waals surface area contributed by atoms with E-state index in [1.165, 1.54) is 5.56 Å². The van der Waals surface area contributed by atoms with Crippen molar-refractivity contribution in [2.45, 2.75) is 46.2 Å². The van der Waals surface area contributed by atoms with Crippen LogP contribution in [-0.2, 0) is 6.54 Å². The van der Waals surface area contributed by atoms with Gasteiger partial charge in [0.05, 0.1) is 6.54 Å². The molecule has 0 bridgehead atoms. The topological polar surface area (TPSA) is 51.0 Å². The summed E-state index contributed by atoms with van der Waals surface area (Å²) >= 11 is 0. The quantitative estimate of drug-likeness (QED) is 0.894. The lowest BCUT2D eigenvalue weighted by molar-refractivity contribution is 0.362. The third-order valence-electron chi connectivity index (χ3n) is 2.97. The molecule has 4 heteroatoms. The van der Waals surface area contributed by atoms with Gasteiger partial charge in [0.1, 0.15) is 0 Å².